The number of aromatic nitrogens is 1. The van der Waals surface area contributed by atoms with Crippen LogP contribution in [0.5, 0.6) is 0 Å². The Bertz CT molecular complexity index is 947. The highest BCUT2D eigenvalue weighted by molar-refractivity contribution is 7.10. The summed E-state index contributed by atoms with van der Waals surface area (Å²) in [5.74, 6) is -0.939. The molecule has 2 aliphatic rings. The summed E-state index contributed by atoms with van der Waals surface area (Å²) in [4.78, 5) is 36.4. The lowest BCUT2D eigenvalue weighted by Crippen LogP contribution is -2.53. The molecule has 0 spiro atoms. The van der Waals surface area contributed by atoms with E-state index in [2.05, 4.69) is 15.3 Å². The Kier molecular flexibility index (Phi) is 3.70. The maximum absolute atomic E-state index is 12.9. The lowest BCUT2D eigenvalue weighted by atomic mass is 9.84. The van der Waals surface area contributed by atoms with Gasteiger partial charge in [0.15, 0.2) is 5.96 Å². The summed E-state index contributed by atoms with van der Waals surface area (Å²) in [5, 5.41) is 13.3. The van der Waals surface area contributed by atoms with Crippen LogP contribution < -0.4 is 11.1 Å². The van der Waals surface area contributed by atoms with Crippen LogP contribution in [0, 0.1) is 17.2 Å². The van der Waals surface area contributed by atoms with Crippen LogP contribution in [0.15, 0.2) is 40.8 Å². The third kappa shape index (κ3) is 2.43. The van der Waals surface area contributed by atoms with Crippen LogP contribution in [0.2, 0.25) is 0 Å². The Morgan fingerprint density at radius 3 is 2.96 bits per heavy atom. The highest BCUT2D eigenvalue weighted by Crippen LogP contribution is 2.44. The van der Waals surface area contributed by atoms with E-state index in [-0.39, 0.29) is 36.6 Å². The number of amides is 2. The van der Waals surface area contributed by atoms with E-state index < -0.39 is 11.5 Å². The molecule has 0 bridgehead atoms. The minimum atomic E-state index is -0.865. The Labute approximate surface area is 153 Å². The maximum Gasteiger partial charge on any atom is 0.255 e. The normalized spacial score (nSPS) is 24.4. The SMILES string of the molecule is N#Cc1ccc(C(=O)N2CC3C(=O)NC(N)=NC3(c3cccs3)C2)cn1. The van der Waals surface area contributed by atoms with Gasteiger partial charge < -0.3 is 10.6 Å². The van der Waals surface area contributed by atoms with Crippen molar-refractivity contribution in [2.24, 2.45) is 16.6 Å². The summed E-state index contributed by atoms with van der Waals surface area (Å²) in [5.41, 5.74) is 5.55. The van der Waals surface area contributed by atoms with Gasteiger partial charge in [-0.05, 0) is 23.6 Å². The predicted molar refractivity (Wildman–Crippen MR) is 94.1 cm³/mol. The maximum atomic E-state index is 12.9. The standard InChI is InChI=1S/C17H14N6O2S/c18-6-11-4-3-10(7-20-11)15(25)23-8-12-14(24)21-16(19)22-17(12,9-23)13-2-1-5-26-13/h1-5,7,12H,8-9H2,(H3,19,21,22,24). The van der Waals surface area contributed by atoms with Crippen molar-refractivity contribution >= 4 is 29.1 Å². The largest absolute Gasteiger partial charge is 0.370 e. The number of nitrogens with two attached hydrogens (primary N) is 1. The fourth-order valence-electron chi connectivity index (χ4n) is 3.46. The molecule has 0 saturated carbocycles. The van der Waals surface area contributed by atoms with Gasteiger partial charge in [-0.15, -0.1) is 11.3 Å². The topological polar surface area (TPSA) is 124 Å². The van der Waals surface area contributed by atoms with Crippen molar-refractivity contribution < 1.29 is 9.59 Å². The monoisotopic (exact) mass is 366 g/mol. The summed E-state index contributed by atoms with van der Waals surface area (Å²) in [6, 6.07) is 8.77. The van der Waals surface area contributed by atoms with E-state index in [1.807, 2.05) is 23.6 Å². The molecular weight excluding hydrogens is 352 g/mol. The van der Waals surface area contributed by atoms with Gasteiger partial charge in [-0.3, -0.25) is 14.9 Å². The molecule has 2 aromatic rings. The number of hydrogen-bond acceptors (Lipinski definition) is 7. The van der Waals surface area contributed by atoms with Crippen molar-refractivity contribution in [2.75, 3.05) is 13.1 Å². The number of aliphatic imine (C=N–C) groups is 1. The molecular formula is C17H14N6O2S. The van der Waals surface area contributed by atoms with E-state index in [0.29, 0.717) is 5.56 Å². The number of likely N-dealkylation sites (tertiary alicyclic amines) is 1. The Morgan fingerprint density at radius 1 is 1.46 bits per heavy atom. The summed E-state index contributed by atoms with van der Waals surface area (Å²) < 4.78 is 0. The van der Waals surface area contributed by atoms with E-state index >= 15 is 0 Å². The predicted octanol–water partition coefficient (Wildman–Crippen LogP) is 0.427. The molecule has 1 fully saturated rings. The van der Waals surface area contributed by atoms with E-state index in [1.54, 1.807) is 11.0 Å². The number of guanidine groups is 1. The van der Waals surface area contributed by atoms with Crippen LogP contribution >= 0.6 is 11.3 Å². The zero-order valence-electron chi connectivity index (χ0n) is 13.5. The number of thiophene rings is 1. The summed E-state index contributed by atoms with van der Waals surface area (Å²) in [6.45, 7) is 0.491. The second kappa shape index (κ2) is 5.93. The minimum Gasteiger partial charge on any atom is -0.370 e. The van der Waals surface area contributed by atoms with Crippen molar-refractivity contribution in [3.05, 3.63) is 52.0 Å². The van der Waals surface area contributed by atoms with E-state index in [1.165, 1.54) is 23.6 Å². The zero-order chi connectivity index (χ0) is 18.3. The molecule has 8 nitrogen and oxygen atoms in total. The van der Waals surface area contributed by atoms with Gasteiger partial charge in [0.05, 0.1) is 18.0 Å². The molecule has 4 rings (SSSR count). The van der Waals surface area contributed by atoms with Crippen molar-refractivity contribution in [1.82, 2.24) is 15.2 Å². The molecule has 130 valence electrons. The minimum absolute atomic E-state index is 0.0639. The number of hydrogen-bond donors (Lipinski definition) is 2. The van der Waals surface area contributed by atoms with E-state index in [9.17, 15) is 9.59 Å². The van der Waals surface area contributed by atoms with E-state index in [4.69, 9.17) is 11.0 Å². The van der Waals surface area contributed by atoms with Gasteiger partial charge in [-0.1, -0.05) is 6.07 Å². The molecule has 3 N–H and O–H groups in total. The molecule has 1 saturated heterocycles. The van der Waals surface area contributed by atoms with Crippen LogP contribution in [-0.4, -0.2) is 40.7 Å². The Balaban J connectivity index is 1.70. The number of carbonyl (C=O) groups excluding carboxylic acids is 2. The summed E-state index contributed by atoms with van der Waals surface area (Å²) >= 11 is 1.49. The average molecular weight is 366 g/mol. The second-order valence-corrected chi connectivity index (χ2v) is 7.12. The van der Waals surface area contributed by atoms with Crippen LogP contribution in [-0.2, 0) is 10.3 Å². The first-order valence-corrected chi connectivity index (χ1v) is 8.77. The first-order chi connectivity index (χ1) is 12.5. The molecule has 2 aromatic heterocycles. The number of fused-ring (bicyclic) bond motifs is 1. The van der Waals surface area contributed by atoms with Gasteiger partial charge in [-0.25, -0.2) is 9.98 Å². The molecule has 2 atom stereocenters. The van der Waals surface area contributed by atoms with Crippen LogP contribution in [0.25, 0.3) is 0 Å². The molecule has 0 aromatic carbocycles. The van der Waals surface area contributed by atoms with Crippen molar-refractivity contribution in [1.29, 1.82) is 5.26 Å². The molecule has 0 radical (unpaired) electrons. The third-order valence-electron chi connectivity index (χ3n) is 4.66. The smallest absolute Gasteiger partial charge is 0.255 e. The number of rotatable bonds is 2. The zero-order valence-corrected chi connectivity index (χ0v) is 14.4. The van der Waals surface area contributed by atoms with Gasteiger partial charge in [0.2, 0.25) is 5.91 Å². The highest BCUT2D eigenvalue weighted by atomic mass is 32.1. The highest BCUT2D eigenvalue weighted by Gasteiger charge is 2.55. The lowest BCUT2D eigenvalue weighted by molar-refractivity contribution is -0.125. The fraction of sp³-hybridized carbons (Fsp3) is 0.235. The quantitative estimate of drug-likeness (QED) is 0.797. The van der Waals surface area contributed by atoms with Crippen LogP contribution in [0.3, 0.4) is 0 Å². The van der Waals surface area contributed by atoms with Gasteiger partial charge in [-0.2, -0.15) is 5.26 Å². The summed E-state index contributed by atoms with van der Waals surface area (Å²) in [6.07, 6.45) is 1.37. The van der Waals surface area contributed by atoms with Crippen LogP contribution in [0.4, 0.5) is 0 Å². The Morgan fingerprint density at radius 2 is 2.31 bits per heavy atom. The van der Waals surface area contributed by atoms with Gasteiger partial charge >= 0.3 is 0 Å². The number of pyridine rings is 1. The molecule has 2 unspecified atom stereocenters. The van der Waals surface area contributed by atoms with Crippen LogP contribution in [0.1, 0.15) is 20.9 Å². The van der Waals surface area contributed by atoms with Crippen molar-refractivity contribution in [3.63, 3.8) is 0 Å². The van der Waals surface area contributed by atoms with Crippen molar-refractivity contribution in [3.8, 4) is 6.07 Å². The lowest BCUT2D eigenvalue weighted by Gasteiger charge is -2.32. The van der Waals surface area contributed by atoms with Crippen molar-refractivity contribution in [2.45, 2.75) is 5.54 Å². The van der Waals surface area contributed by atoms with E-state index in [0.717, 1.165) is 4.88 Å². The third-order valence-corrected chi connectivity index (χ3v) is 5.70. The molecule has 2 aliphatic heterocycles. The second-order valence-electron chi connectivity index (χ2n) is 6.17. The number of nitrogens with zero attached hydrogens (tertiary/aromatic N) is 4. The van der Waals surface area contributed by atoms with Gasteiger partial charge in [0, 0.05) is 17.6 Å². The van der Waals surface area contributed by atoms with Gasteiger partial charge in [0.25, 0.3) is 5.91 Å². The first kappa shape index (κ1) is 16.2. The molecule has 26 heavy (non-hydrogen) atoms. The average Bonchev–Trinajstić information content (AvgIpc) is 3.29. The summed E-state index contributed by atoms with van der Waals surface area (Å²) in [7, 11) is 0. The molecule has 0 aliphatic carbocycles. The first-order valence-electron chi connectivity index (χ1n) is 7.89. The molecule has 9 heteroatoms. The van der Waals surface area contributed by atoms with Gasteiger partial charge in [0.1, 0.15) is 17.3 Å². The fourth-order valence-corrected chi connectivity index (χ4v) is 4.38. The molecule has 4 heterocycles. The number of carbonyl (C=O) groups is 2. The molecule has 2 amide bonds. The Hall–Kier alpha value is -3.25. The number of nitrogens with one attached hydrogen (secondary N) is 1. The number of nitriles is 1.